The molecule has 21 heavy (non-hydrogen) atoms. The van der Waals surface area contributed by atoms with Gasteiger partial charge in [0.05, 0.1) is 12.8 Å². The predicted molar refractivity (Wildman–Crippen MR) is 87.4 cm³/mol. The van der Waals surface area contributed by atoms with Crippen molar-refractivity contribution in [3.63, 3.8) is 0 Å². The fourth-order valence-corrected chi connectivity index (χ4v) is 1.60. The highest BCUT2D eigenvalue weighted by Crippen LogP contribution is 2.30. The lowest BCUT2D eigenvalue weighted by molar-refractivity contribution is 0.414. The number of anilines is 1. The molecule has 1 rings (SSSR count). The zero-order chi connectivity index (χ0) is 15.8. The minimum atomic E-state index is -0.501. The van der Waals surface area contributed by atoms with E-state index in [-0.39, 0.29) is 5.69 Å². The summed E-state index contributed by atoms with van der Waals surface area (Å²) in [6.45, 7) is 5.46. The van der Waals surface area contributed by atoms with Crippen LogP contribution in [0.1, 0.15) is 26.3 Å². The second-order valence-electron chi connectivity index (χ2n) is 4.39. The van der Waals surface area contributed by atoms with Crippen LogP contribution in [0, 0.1) is 5.82 Å². The molecule has 0 aliphatic carbocycles. The Morgan fingerprint density at radius 3 is 2.67 bits per heavy atom. The van der Waals surface area contributed by atoms with Gasteiger partial charge in [0.15, 0.2) is 5.82 Å². The number of rotatable bonds is 5. The molecule has 0 amide bonds. The number of ether oxygens (including phenoxy) is 1. The topological polar surface area (TPSA) is 60.0 Å². The third-order valence-electron chi connectivity index (χ3n) is 2.74. The maximum absolute atomic E-state index is 14.1. The van der Waals surface area contributed by atoms with Crippen molar-refractivity contribution in [3.05, 3.63) is 42.0 Å². The molecule has 0 saturated heterocycles. The SMILES string of the molecule is C/C=C\N=CC(C)=N/C=C(\C)c1ccc(OC)c(N)c1F. The Bertz CT molecular complexity index is 616. The molecule has 1 aromatic rings. The number of hydrogen-bond donors (Lipinski definition) is 1. The number of benzene rings is 1. The van der Waals surface area contributed by atoms with Gasteiger partial charge in [-0.3, -0.25) is 9.98 Å². The van der Waals surface area contributed by atoms with Crippen LogP contribution in [0.15, 0.2) is 40.6 Å². The standard InChI is InChI=1S/C16H20FN3O/c1-5-8-19-10-12(3)20-9-11(2)13-6-7-14(21-4)16(18)15(13)17/h5-10H,18H2,1-4H3/b8-5-,11-9+,19-10?,20-12?. The Kier molecular flexibility index (Phi) is 6.33. The van der Waals surface area contributed by atoms with Crippen molar-refractivity contribution in [1.29, 1.82) is 0 Å². The first-order valence-corrected chi connectivity index (χ1v) is 6.49. The van der Waals surface area contributed by atoms with Crippen LogP contribution in [-0.2, 0) is 0 Å². The number of nitrogen functional groups attached to an aromatic ring is 1. The Morgan fingerprint density at radius 2 is 2.05 bits per heavy atom. The van der Waals surface area contributed by atoms with Crippen molar-refractivity contribution in [3.8, 4) is 5.75 Å². The highest BCUT2D eigenvalue weighted by molar-refractivity contribution is 6.29. The van der Waals surface area contributed by atoms with E-state index in [4.69, 9.17) is 10.5 Å². The third kappa shape index (κ3) is 4.56. The summed E-state index contributed by atoms with van der Waals surface area (Å²) in [5, 5.41) is 0. The van der Waals surface area contributed by atoms with Crippen LogP contribution in [0.2, 0.25) is 0 Å². The van der Waals surface area contributed by atoms with Crippen molar-refractivity contribution in [2.24, 2.45) is 9.98 Å². The lowest BCUT2D eigenvalue weighted by Crippen LogP contribution is -1.99. The monoisotopic (exact) mass is 289 g/mol. The molecule has 0 unspecified atom stereocenters. The molecular weight excluding hydrogens is 269 g/mol. The fraction of sp³-hybridized carbons (Fsp3) is 0.250. The molecule has 0 aliphatic heterocycles. The van der Waals surface area contributed by atoms with Crippen LogP contribution in [0.5, 0.6) is 5.75 Å². The van der Waals surface area contributed by atoms with Crippen molar-refractivity contribution in [2.75, 3.05) is 12.8 Å². The average molecular weight is 289 g/mol. The van der Waals surface area contributed by atoms with Gasteiger partial charge >= 0.3 is 0 Å². The van der Waals surface area contributed by atoms with Gasteiger partial charge in [0.25, 0.3) is 0 Å². The van der Waals surface area contributed by atoms with E-state index in [1.165, 1.54) is 7.11 Å². The van der Waals surface area contributed by atoms with E-state index < -0.39 is 5.82 Å². The van der Waals surface area contributed by atoms with Crippen molar-refractivity contribution in [1.82, 2.24) is 0 Å². The highest BCUT2D eigenvalue weighted by atomic mass is 19.1. The van der Waals surface area contributed by atoms with E-state index in [9.17, 15) is 4.39 Å². The van der Waals surface area contributed by atoms with Gasteiger partial charge in [-0.25, -0.2) is 4.39 Å². The summed E-state index contributed by atoms with van der Waals surface area (Å²) in [7, 11) is 1.45. The average Bonchev–Trinajstić information content (AvgIpc) is 2.48. The minimum absolute atomic E-state index is 0.00176. The first kappa shape index (κ1) is 16.6. The summed E-state index contributed by atoms with van der Waals surface area (Å²) >= 11 is 0. The van der Waals surface area contributed by atoms with Crippen LogP contribution < -0.4 is 10.5 Å². The maximum atomic E-state index is 14.1. The molecule has 1 aromatic carbocycles. The van der Waals surface area contributed by atoms with E-state index in [1.54, 1.807) is 37.7 Å². The van der Waals surface area contributed by atoms with Crippen LogP contribution in [-0.4, -0.2) is 19.0 Å². The van der Waals surface area contributed by atoms with Gasteiger partial charge < -0.3 is 10.5 Å². The van der Waals surface area contributed by atoms with E-state index in [0.717, 1.165) is 0 Å². The van der Waals surface area contributed by atoms with Crippen molar-refractivity contribution >= 4 is 23.2 Å². The molecule has 0 heterocycles. The lowest BCUT2D eigenvalue weighted by atomic mass is 10.1. The third-order valence-corrected chi connectivity index (χ3v) is 2.74. The van der Waals surface area contributed by atoms with Crippen LogP contribution in [0.3, 0.4) is 0 Å². The first-order chi connectivity index (χ1) is 10.0. The molecule has 0 spiro atoms. The quantitative estimate of drug-likeness (QED) is 0.661. The molecule has 0 bridgehead atoms. The maximum Gasteiger partial charge on any atom is 0.157 e. The minimum Gasteiger partial charge on any atom is -0.494 e. The molecule has 4 nitrogen and oxygen atoms in total. The fourth-order valence-electron chi connectivity index (χ4n) is 1.60. The Balaban J connectivity index is 3.03. The summed E-state index contributed by atoms with van der Waals surface area (Å²) in [5.41, 5.74) is 7.46. The first-order valence-electron chi connectivity index (χ1n) is 6.49. The molecule has 0 saturated carbocycles. The van der Waals surface area contributed by atoms with E-state index >= 15 is 0 Å². The van der Waals surface area contributed by atoms with Gasteiger partial charge in [-0.1, -0.05) is 6.08 Å². The molecule has 5 heteroatoms. The van der Waals surface area contributed by atoms with Gasteiger partial charge in [0, 0.05) is 24.2 Å². The van der Waals surface area contributed by atoms with Crippen LogP contribution in [0.25, 0.3) is 5.57 Å². The normalized spacial score (nSPS) is 13.4. The van der Waals surface area contributed by atoms with E-state index in [0.29, 0.717) is 22.6 Å². The van der Waals surface area contributed by atoms with Crippen molar-refractivity contribution in [2.45, 2.75) is 20.8 Å². The summed E-state index contributed by atoms with van der Waals surface area (Å²) < 4.78 is 19.1. The van der Waals surface area contributed by atoms with E-state index in [2.05, 4.69) is 9.98 Å². The summed E-state index contributed by atoms with van der Waals surface area (Å²) in [6.07, 6.45) is 6.70. The van der Waals surface area contributed by atoms with Gasteiger partial charge in [0.1, 0.15) is 11.4 Å². The molecule has 0 atom stereocenters. The number of nitrogens with two attached hydrogens (primary N) is 1. The second-order valence-corrected chi connectivity index (χ2v) is 4.39. The molecule has 0 aliphatic rings. The van der Waals surface area contributed by atoms with Gasteiger partial charge in [-0.2, -0.15) is 0 Å². The second kappa shape index (κ2) is 7.99. The van der Waals surface area contributed by atoms with Gasteiger partial charge in [-0.05, 0) is 38.5 Å². The lowest BCUT2D eigenvalue weighted by Gasteiger charge is -2.09. The molecule has 0 radical (unpaired) electrons. The molecular formula is C16H20FN3O. The largest absolute Gasteiger partial charge is 0.494 e. The number of hydrogen-bond acceptors (Lipinski definition) is 4. The van der Waals surface area contributed by atoms with Crippen LogP contribution in [0.4, 0.5) is 10.1 Å². The Labute approximate surface area is 124 Å². The Morgan fingerprint density at radius 1 is 1.33 bits per heavy atom. The number of aliphatic imine (C=N–C) groups is 2. The molecule has 0 aromatic heterocycles. The molecule has 112 valence electrons. The number of nitrogens with zero attached hydrogens (tertiary/aromatic N) is 2. The number of halogens is 1. The summed E-state index contributed by atoms with van der Waals surface area (Å²) in [5.74, 6) is -0.180. The summed E-state index contributed by atoms with van der Waals surface area (Å²) in [4.78, 5) is 8.24. The summed E-state index contributed by atoms with van der Waals surface area (Å²) in [6, 6.07) is 3.25. The van der Waals surface area contributed by atoms with Gasteiger partial charge in [0.2, 0.25) is 0 Å². The molecule has 0 fully saturated rings. The number of methoxy groups -OCH3 is 1. The zero-order valence-corrected chi connectivity index (χ0v) is 12.7. The van der Waals surface area contributed by atoms with Crippen LogP contribution >= 0.6 is 0 Å². The number of allylic oxidation sites excluding steroid dienone is 2. The van der Waals surface area contributed by atoms with Crippen molar-refractivity contribution < 1.29 is 9.13 Å². The Hall–Kier alpha value is -2.43. The van der Waals surface area contributed by atoms with Gasteiger partial charge in [-0.15, -0.1) is 0 Å². The zero-order valence-electron chi connectivity index (χ0n) is 12.7. The molecule has 2 N–H and O–H groups in total. The predicted octanol–water partition coefficient (Wildman–Crippen LogP) is 3.84. The smallest absolute Gasteiger partial charge is 0.157 e. The van der Waals surface area contributed by atoms with E-state index in [1.807, 2.05) is 19.9 Å². The highest BCUT2D eigenvalue weighted by Gasteiger charge is 2.12.